The van der Waals surface area contributed by atoms with E-state index in [2.05, 4.69) is 9.82 Å². The Hall–Kier alpha value is -1.37. The first-order valence-corrected chi connectivity index (χ1v) is 9.22. The van der Waals surface area contributed by atoms with Gasteiger partial charge in [0.15, 0.2) is 0 Å². The fraction of sp³-hybridized carbons (Fsp3) is 0.400. The number of halogens is 1. The zero-order valence-electron chi connectivity index (χ0n) is 12.1. The van der Waals surface area contributed by atoms with Gasteiger partial charge in [-0.1, -0.05) is 23.7 Å². The number of benzene rings is 1. The van der Waals surface area contributed by atoms with E-state index in [1.165, 1.54) is 30.2 Å². The molecular weight excluding hydrogens is 322 g/mol. The average molecular weight is 340 g/mol. The second-order valence-corrected chi connectivity index (χ2v) is 7.52. The Kier molecular flexibility index (Phi) is 4.52. The number of hydrogen-bond donors (Lipinski definition) is 1. The maximum atomic E-state index is 12.2. The third-order valence-corrected chi connectivity index (χ3v) is 5.85. The van der Waals surface area contributed by atoms with E-state index in [9.17, 15) is 8.42 Å². The summed E-state index contributed by atoms with van der Waals surface area (Å²) in [5.41, 5.74) is 2.53. The van der Waals surface area contributed by atoms with Crippen molar-refractivity contribution in [3.63, 3.8) is 0 Å². The van der Waals surface area contributed by atoms with E-state index in [0.29, 0.717) is 13.1 Å². The topological polar surface area (TPSA) is 64.0 Å². The maximum Gasteiger partial charge on any atom is 0.242 e. The van der Waals surface area contributed by atoms with Crippen LogP contribution in [0.2, 0.25) is 5.02 Å². The molecule has 0 amide bonds. The van der Waals surface area contributed by atoms with Crippen molar-refractivity contribution in [2.75, 3.05) is 6.54 Å². The van der Waals surface area contributed by atoms with Gasteiger partial charge in [-0.15, -0.1) is 0 Å². The van der Waals surface area contributed by atoms with Crippen molar-refractivity contribution in [3.8, 4) is 0 Å². The Morgan fingerprint density at radius 1 is 1.23 bits per heavy atom. The van der Waals surface area contributed by atoms with Crippen LogP contribution >= 0.6 is 11.6 Å². The highest BCUT2D eigenvalue weighted by atomic mass is 35.5. The lowest BCUT2D eigenvalue weighted by Crippen LogP contribution is -2.28. The van der Waals surface area contributed by atoms with Gasteiger partial charge in [-0.25, -0.2) is 13.1 Å². The van der Waals surface area contributed by atoms with Gasteiger partial charge in [0.1, 0.15) is 4.90 Å². The molecule has 0 bridgehead atoms. The highest BCUT2D eigenvalue weighted by molar-refractivity contribution is 7.89. The van der Waals surface area contributed by atoms with Crippen LogP contribution in [0.1, 0.15) is 24.1 Å². The summed E-state index contributed by atoms with van der Waals surface area (Å²) in [5, 5.41) is 4.59. The van der Waals surface area contributed by atoms with E-state index in [4.69, 9.17) is 11.6 Å². The van der Waals surface area contributed by atoms with Gasteiger partial charge < -0.3 is 0 Å². The first kappa shape index (κ1) is 15.5. The van der Waals surface area contributed by atoms with Crippen molar-refractivity contribution in [3.05, 3.63) is 46.7 Å². The van der Waals surface area contributed by atoms with Crippen LogP contribution in [-0.2, 0) is 29.4 Å². The molecule has 118 valence electrons. The molecule has 0 saturated heterocycles. The molecule has 0 fully saturated rings. The zero-order valence-corrected chi connectivity index (χ0v) is 13.7. The normalized spacial score (nSPS) is 14.8. The summed E-state index contributed by atoms with van der Waals surface area (Å²) < 4.78 is 29.0. The summed E-state index contributed by atoms with van der Waals surface area (Å²) in [6.07, 6.45) is 6.37. The molecule has 0 aliphatic heterocycles. The summed E-state index contributed by atoms with van der Waals surface area (Å²) in [5.74, 6) is 0. The summed E-state index contributed by atoms with van der Waals surface area (Å²) >= 11 is 5.95. The molecule has 1 aromatic carbocycles. The van der Waals surface area contributed by atoms with Gasteiger partial charge in [0.25, 0.3) is 0 Å². The number of fused-ring (bicyclic) bond motifs is 1. The van der Waals surface area contributed by atoms with Gasteiger partial charge >= 0.3 is 0 Å². The van der Waals surface area contributed by atoms with Crippen molar-refractivity contribution in [1.82, 2.24) is 14.5 Å². The molecule has 3 rings (SSSR count). The van der Waals surface area contributed by atoms with Crippen molar-refractivity contribution in [2.45, 2.75) is 37.1 Å². The minimum Gasteiger partial charge on any atom is -0.268 e. The second-order valence-electron chi connectivity index (χ2n) is 5.37. The van der Waals surface area contributed by atoms with Gasteiger partial charge in [0.2, 0.25) is 10.0 Å². The van der Waals surface area contributed by atoms with Gasteiger partial charge in [-0.3, -0.25) is 4.68 Å². The molecule has 1 heterocycles. The predicted molar refractivity (Wildman–Crippen MR) is 85.5 cm³/mol. The Labute approximate surface area is 135 Å². The molecule has 1 N–H and O–H groups in total. The van der Waals surface area contributed by atoms with Crippen LogP contribution in [0.3, 0.4) is 0 Å². The molecule has 7 heteroatoms. The van der Waals surface area contributed by atoms with Gasteiger partial charge in [0.05, 0.1) is 17.8 Å². The van der Waals surface area contributed by atoms with E-state index in [1.54, 1.807) is 18.2 Å². The Morgan fingerprint density at radius 2 is 2.00 bits per heavy atom. The lowest BCUT2D eigenvalue weighted by atomic mass is 9.98. The molecular formula is C15H18ClN3O2S. The number of aryl methyl sites for hydroxylation is 1. The van der Waals surface area contributed by atoms with Crippen LogP contribution < -0.4 is 4.72 Å². The lowest BCUT2D eigenvalue weighted by molar-refractivity contribution is 0.538. The third-order valence-electron chi connectivity index (χ3n) is 3.89. The molecule has 0 spiro atoms. The second kappa shape index (κ2) is 6.40. The van der Waals surface area contributed by atoms with Gasteiger partial charge in [-0.05, 0) is 43.4 Å². The molecule has 1 aliphatic rings. The Morgan fingerprint density at radius 3 is 2.82 bits per heavy atom. The van der Waals surface area contributed by atoms with Gasteiger partial charge in [0, 0.05) is 12.2 Å². The first-order valence-electron chi connectivity index (χ1n) is 7.36. The maximum absolute atomic E-state index is 12.2. The van der Waals surface area contributed by atoms with E-state index in [1.807, 2.05) is 10.9 Å². The van der Waals surface area contributed by atoms with Crippen LogP contribution in [0.15, 0.2) is 35.4 Å². The fourth-order valence-corrected chi connectivity index (χ4v) is 4.31. The largest absolute Gasteiger partial charge is 0.268 e. The Bertz CT molecular complexity index is 771. The molecule has 0 saturated carbocycles. The number of nitrogens with zero attached hydrogens (tertiary/aromatic N) is 2. The molecule has 5 nitrogen and oxygen atoms in total. The fourth-order valence-electron chi connectivity index (χ4n) is 2.77. The zero-order chi connectivity index (χ0) is 15.6. The van der Waals surface area contributed by atoms with Crippen LogP contribution in [0.4, 0.5) is 0 Å². The van der Waals surface area contributed by atoms with Crippen LogP contribution in [0, 0.1) is 0 Å². The van der Waals surface area contributed by atoms with Crippen LogP contribution in [0.5, 0.6) is 0 Å². The minimum absolute atomic E-state index is 0.110. The SMILES string of the molecule is O=S(=O)(NCCn1ncc2c1CCCC2)c1ccccc1Cl. The number of hydrogen-bond acceptors (Lipinski definition) is 3. The van der Waals surface area contributed by atoms with Crippen molar-refractivity contribution in [2.24, 2.45) is 0 Å². The monoisotopic (exact) mass is 339 g/mol. The van der Waals surface area contributed by atoms with E-state index < -0.39 is 10.0 Å². The summed E-state index contributed by atoms with van der Waals surface area (Å²) in [7, 11) is -3.59. The van der Waals surface area contributed by atoms with Crippen LogP contribution in [-0.4, -0.2) is 24.7 Å². The molecule has 1 aliphatic carbocycles. The summed E-state index contributed by atoms with van der Waals surface area (Å²) in [6.45, 7) is 0.820. The molecule has 22 heavy (non-hydrogen) atoms. The number of nitrogens with one attached hydrogen (secondary N) is 1. The van der Waals surface area contributed by atoms with Crippen molar-refractivity contribution in [1.29, 1.82) is 0 Å². The molecule has 0 unspecified atom stereocenters. The van der Waals surface area contributed by atoms with E-state index in [0.717, 1.165) is 12.8 Å². The third kappa shape index (κ3) is 3.19. The predicted octanol–water partition coefficient (Wildman–Crippen LogP) is 2.39. The highest BCUT2D eigenvalue weighted by Crippen LogP contribution is 2.21. The Balaban J connectivity index is 1.66. The van der Waals surface area contributed by atoms with Gasteiger partial charge in [-0.2, -0.15) is 5.10 Å². The number of rotatable bonds is 5. The van der Waals surface area contributed by atoms with Crippen LogP contribution in [0.25, 0.3) is 0 Å². The van der Waals surface area contributed by atoms with E-state index in [-0.39, 0.29) is 9.92 Å². The molecule has 1 aromatic heterocycles. The minimum atomic E-state index is -3.59. The smallest absolute Gasteiger partial charge is 0.242 e. The quantitative estimate of drug-likeness (QED) is 0.909. The lowest BCUT2D eigenvalue weighted by Gasteiger charge is -2.14. The molecule has 0 radical (unpaired) electrons. The summed E-state index contributed by atoms with van der Waals surface area (Å²) in [4.78, 5) is 0.110. The summed E-state index contributed by atoms with van der Waals surface area (Å²) in [6, 6.07) is 6.43. The van der Waals surface area contributed by atoms with E-state index >= 15 is 0 Å². The molecule has 2 aromatic rings. The average Bonchev–Trinajstić information content (AvgIpc) is 2.91. The molecule has 0 atom stereocenters. The van der Waals surface area contributed by atoms with Crippen molar-refractivity contribution < 1.29 is 8.42 Å². The van der Waals surface area contributed by atoms with Crippen molar-refractivity contribution >= 4 is 21.6 Å². The standard InChI is InChI=1S/C15H18ClN3O2S/c16-13-6-2-4-8-15(13)22(20,21)18-9-10-19-14-7-3-1-5-12(14)11-17-19/h2,4,6,8,11,18H,1,3,5,7,9-10H2. The first-order chi connectivity index (χ1) is 10.6. The highest BCUT2D eigenvalue weighted by Gasteiger charge is 2.18. The number of aromatic nitrogens is 2. The number of sulfonamides is 1.